The van der Waals surface area contributed by atoms with Gasteiger partial charge in [0.2, 0.25) is 0 Å². The van der Waals surface area contributed by atoms with Gasteiger partial charge in [-0.1, -0.05) is 23.9 Å². The molecule has 0 saturated heterocycles. The summed E-state index contributed by atoms with van der Waals surface area (Å²) >= 11 is 1.53. The number of hydrogen-bond acceptors (Lipinski definition) is 4. The summed E-state index contributed by atoms with van der Waals surface area (Å²) in [5, 5.41) is 3.32. The molecule has 3 nitrogen and oxygen atoms in total. The van der Waals surface area contributed by atoms with Crippen LogP contribution in [0, 0.1) is 0 Å². The third-order valence-corrected chi connectivity index (χ3v) is 4.47. The Morgan fingerprint density at radius 2 is 1.80 bits per heavy atom. The van der Waals surface area contributed by atoms with E-state index in [1.807, 2.05) is 36.4 Å². The number of Topliss-reactive ketones (excluding diaryl/α,β-unsaturated/α-hetero) is 2. The van der Waals surface area contributed by atoms with Gasteiger partial charge in [-0.3, -0.25) is 9.59 Å². The third-order valence-electron chi connectivity index (χ3n) is 3.26. The molecule has 0 amide bonds. The van der Waals surface area contributed by atoms with Gasteiger partial charge in [-0.15, -0.1) is 0 Å². The Hall–Kier alpha value is -2.07. The van der Waals surface area contributed by atoms with Gasteiger partial charge in [0.05, 0.1) is 11.4 Å². The third kappa shape index (κ3) is 2.12. The quantitative estimate of drug-likeness (QED) is 0.712. The smallest absolute Gasteiger partial charge is 0.161 e. The lowest BCUT2D eigenvalue weighted by Crippen LogP contribution is -2.05. The largest absolute Gasteiger partial charge is 0.354 e. The highest BCUT2D eigenvalue weighted by atomic mass is 32.2. The highest BCUT2D eigenvalue weighted by molar-refractivity contribution is 7.99. The monoisotopic (exact) mass is 283 g/mol. The Morgan fingerprint density at radius 3 is 2.50 bits per heavy atom. The lowest BCUT2D eigenvalue weighted by molar-refractivity contribution is 0.100. The molecule has 2 aromatic carbocycles. The first kappa shape index (κ1) is 12.9. The van der Waals surface area contributed by atoms with Crippen LogP contribution in [0.25, 0.3) is 0 Å². The number of fused-ring (bicyclic) bond motifs is 2. The van der Waals surface area contributed by atoms with Crippen LogP contribution in [0.5, 0.6) is 0 Å². The fraction of sp³-hybridized carbons (Fsp3) is 0.125. The summed E-state index contributed by atoms with van der Waals surface area (Å²) in [5.41, 5.74) is 3.29. The SMILES string of the molecule is CC(=O)c1ccc2c(c1)Sc1c(cccc1C(C)=O)N2. The van der Waals surface area contributed by atoms with Gasteiger partial charge >= 0.3 is 0 Å². The second-order valence-corrected chi connectivity index (χ2v) is 5.78. The van der Waals surface area contributed by atoms with Gasteiger partial charge in [-0.05, 0) is 38.1 Å². The maximum absolute atomic E-state index is 11.7. The molecule has 0 aromatic heterocycles. The van der Waals surface area contributed by atoms with Crippen LogP contribution < -0.4 is 5.32 Å². The summed E-state index contributed by atoms with van der Waals surface area (Å²) in [6.07, 6.45) is 0. The summed E-state index contributed by atoms with van der Waals surface area (Å²) in [5.74, 6) is 0.0846. The molecule has 4 heteroatoms. The van der Waals surface area contributed by atoms with Crippen molar-refractivity contribution in [1.29, 1.82) is 0 Å². The first-order valence-electron chi connectivity index (χ1n) is 6.30. The Bertz CT molecular complexity index is 737. The van der Waals surface area contributed by atoms with Gasteiger partial charge in [0.25, 0.3) is 0 Å². The molecule has 0 atom stereocenters. The second-order valence-electron chi connectivity index (χ2n) is 4.73. The molecule has 1 heterocycles. The van der Waals surface area contributed by atoms with Crippen molar-refractivity contribution in [1.82, 2.24) is 0 Å². The zero-order valence-electron chi connectivity index (χ0n) is 11.2. The molecule has 0 fully saturated rings. The van der Waals surface area contributed by atoms with E-state index < -0.39 is 0 Å². The Labute approximate surface area is 121 Å². The van der Waals surface area contributed by atoms with E-state index in [4.69, 9.17) is 0 Å². The van der Waals surface area contributed by atoms with Crippen molar-refractivity contribution in [2.24, 2.45) is 0 Å². The number of carbonyl (C=O) groups excluding carboxylic acids is 2. The van der Waals surface area contributed by atoms with Gasteiger partial charge < -0.3 is 5.32 Å². The molecular formula is C16H13NO2S. The zero-order valence-corrected chi connectivity index (χ0v) is 12.0. The summed E-state index contributed by atoms with van der Waals surface area (Å²) in [4.78, 5) is 25.1. The van der Waals surface area contributed by atoms with Crippen LogP contribution in [0.3, 0.4) is 0 Å². The summed E-state index contributed by atoms with van der Waals surface area (Å²) in [7, 11) is 0. The van der Waals surface area contributed by atoms with E-state index in [-0.39, 0.29) is 11.6 Å². The molecule has 2 aromatic rings. The summed E-state index contributed by atoms with van der Waals surface area (Å²) < 4.78 is 0. The lowest BCUT2D eigenvalue weighted by Gasteiger charge is -2.22. The molecule has 0 spiro atoms. The Balaban J connectivity index is 2.10. The summed E-state index contributed by atoms with van der Waals surface area (Å²) in [6, 6.07) is 11.2. The minimum atomic E-state index is 0.0408. The molecule has 100 valence electrons. The number of benzene rings is 2. The molecule has 0 aliphatic carbocycles. The van der Waals surface area contributed by atoms with Crippen LogP contribution in [-0.2, 0) is 0 Å². The van der Waals surface area contributed by atoms with Crippen molar-refractivity contribution in [3.05, 3.63) is 47.5 Å². The van der Waals surface area contributed by atoms with Crippen LogP contribution in [0.15, 0.2) is 46.2 Å². The Morgan fingerprint density at radius 1 is 1.00 bits per heavy atom. The van der Waals surface area contributed by atoms with E-state index in [9.17, 15) is 9.59 Å². The molecule has 1 N–H and O–H groups in total. The number of carbonyl (C=O) groups is 2. The average molecular weight is 283 g/mol. The molecule has 0 saturated carbocycles. The van der Waals surface area contributed by atoms with E-state index in [1.165, 1.54) is 11.8 Å². The van der Waals surface area contributed by atoms with Crippen LogP contribution in [-0.4, -0.2) is 11.6 Å². The predicted molar refractivity (Wildman–Crippen MR) is 80.3 cm³/mol. The van der Waals surface area contributed by atoms with Crippen molar-refractivity contribution in [3.63, 3.8) is 0 Å². The molecule has 20 heavy (non-hydrogen) atoms. The van der Waals surface area contributed by atoms with Gasteiger partial charge in [0.1, 0.15) is 0 Å². The van der Waals surface area contributed by atoms with E-state index >= 15 is 0 Å². The van der Waals surface area contributed by atoms with Crippen molar-refractivity contribution < 1.29 is 9.59 Å². The molecule has 0 bridgehead atoms. The molecule has 0 unspecified atom stereocenters. The first-order valence-corrected chi connectivity index (χ1v) is 7.12. The first-order chi connectivity index (χ1) is 9.56. The molecule has 1 aliphatic rings. The van der Waals surface area contributed by atoms with E-state index in [2.05, 4.69) is 5.32 Å². The fourth-order valence-corrected chi connectivity index (χ4v) is 3.39. The van der Waals surface area contributed by atoms with Gasteiger partial charge in [-0.25, -0.2) is 0 Å². The van der Waals surface area contributed by atoms with Crippen LogP contribution in [0.4, 0.5) is 11.4 Å². The van der Waals surface area contributed by atoms with Crippen LogP contribution in [0.1, 0.15) is 34.6 Å². The highest BCUT2D eigenvalue weighted by Gasteiger charge is 2.20. The van der Waals surface area contributed by atoms with Crippen molar-refractivity contribution >= 4 is 34.7 Å². The Kier molecular flexibility index (Phi) is 3.10. The maximum Gasteiger partial charge on any atom is 0.161 e. The van der Waals surface area contributed by atoms with Crippen LogP contribution >= 0.6 is 11.8 Å². The van der Waals surface area contributed by atoms with E-state index in [1.54, 1.807) is 13.8 Å². The number of rotatable bonds is 2. The minimum absolute atomic E-state index is 0.0408. The standard InChI is InChI=1S/C16H13NO2S/c1-9(18)11-6-7-13-15(8-11)20-16-12(10(2)19)4-3-5-14(16)17-13/h3-8,17H,1-2H3. The molecular weight excluding hydrogens is 270 g/mol. The van der Waals surface area contributed by atoms with Gasteiger partial charge in [-0.2, -0.15) is 0 Å². The molecule has 1 aliphatic heterocycles. The zero-order chi connectivity index (χ0) is 14.3. The van der Waals surface area contributed by atoms with Crippen molar-refractivity contribution in [2.75, 3.05) is 5.32 Å². The molecule has 0 radical (unpaired) electrons. The number of ketones is 2. The average Bonchev–Trinajstić information content (AvgIpc) is 2.43. The topological polar surface area (TPSA) is 46.2 Å². The van der Waals surface area contributed by atoms with Crippen LogP contribution in [0.2, 0.25) is 0 Å². The normalized spacial score (nSPS) is 12.1. The van der Waals surface area contributed by atoms with Gasteiger partial charge in [0, 0.05) is 20.9 Å². The van der Waals surface area contributed by atoms with Crippen molar-refractivity contribution in [2.45, 2.75) is 23.6 Å². The number of anilines is 2. The number of nitrogens with one attached hydrogen (secondary N) is 1. The highest BCUT2D eigenvalue weighted by Crippen LogP contribution is 2.46. The lowest BCUT2D eigenvalue weighted by atomic mass is 10.1. The van der Waals surface area contributed by atoms with Gasteiger partial charge in [0.15, 0.2) is 11.6 Å². The molecule has 3 rings (SSSR count). The minimum Gasteiger partial charge on any atom is -0.354 e. The van der Waals surface area contributed by atoms with E-state index in [0.717, 1.165) is 21.2 Å². The second kappa shape index (κ2) is 4.80. The van der Waals surface area contributed by atoms with E-state index in [0.29, 0.717) is 11.1 Å². The maximum atomic E-state index is 11.7. The van der Waals surface area contributed by atoms with Crippen molar-refractivity contribution in [3.8, 4) is 0 Å². The predicted octanol–water partition coefficient (Wildman–Crippen LogP) is 4.30. The summed E-state index contributed by atoms with van der Waals surface area (Å²) in [6.45, 7) is 3.12. The number of hydrogen-bond donors (Lipinski definition) is 1. The fourth-order valence-electron chi connectivity index (χ4n) is 2.21.